The average molecular weight is 264 g/mol. The molecule has 100 valence electrons. The van der Waals surface area contributed by atoms with E-state index in [9.17, 15) is 9.59 Å². The van der Waals surface area contributed by atoms with Crippen LogP contribution < -0.4 is 10.1 Å². The number of rotatable bonds is 6. The molecule has 0 aliphatic carbocycles. The number of nitriles is 1. The van der Waals surface area contributed by atoms with Gasteiger partial charge in [-0.05, 0) is 24.3 Å². The molecular weight excluding hydrogens is 252 g/mol. The predicted molar refractivity (Wildman–Crippen MR) is 63.3 cm³/mol. The van der Waals surface area contributed by atoms with Gasteiger partial charge >= 0.3 is 5.97 Å². The second-order valence-electron chi connectivity index (χ2n) is 3.57. The summed E-state index contributed by atoms with van der Waals surface area (Å²) in [5.41, 5.74) is 0.461. The molecule has 0 aromatic heterocycles. The first-order valence-electron chi connectivity index (χ1n) is 5.33. The summed E-state index contributed by atoms with van der Waals surface area (Å²) in [5.74, 6) is -1.61. The molecular formula is C12H12N2O5. The monoisotopic (exact) mass is 264 g/mol. The highest BCUT2D eigenvalue weighted by Gasteiger charge is 2.18. The first kappa shape index (κ1) is 14.5. The molecule has 0 saturated heterocycles. The summed E-state index contributed by atoms with van der Waals surface area (Å²) >= 11 is 0. The van der Waals surface area contributed by atoms with Crippen molar-refractivity contribution in [3.63, 3.8) is 0 Å². The smallest absolute Gasteiger partial charge is 0.328 e. The molecule has 1 aromatic rings. The van der Waals surface area contributed by atoms with Gasteiger partial charge in [0.1, 0.15) is 11.8 Å². The van der Waals surface area contributed by atoms with Crippen molar-refractivity contribution in [1.82, 2.24) is 5.32 Å². The maximum Gasteiger partial charge on any atom is 0.328 e. The van der Waals surface area contributed by atoms with E-state index in [1.165, 1.54) is 24.3 Å². The van der Waals surface area contributed by atoms with Crippen molar-refractivity contribution in [3.05, 3.63) is 29.8 Å². The summed E-state index contributed by atoms with van der Waals surface area (Å²) in [5, 5.41) is 28.0. The Morgan fingerprint density at radius 1 is 1.37 bits per heavy atom. The quantitative estimate of drug-likeness (QED) is 0.637. The average Bonchev–Trinajstić information content (AvgIpc) is 2.42. The number of carbonyl (C=O) groups excluding carboxylic acids is 1. The van der Waals surface area contributed by atoms with Gasteiger partial charge in [-0.15, -0.1) is 0 Å². The van der Waals surface area contributed by atoms with Crippen molar-refractivity contribution in [3.8, 4) is 11.8 Å². The van der Waals surface area contributed by atoms with Crippen LogP contribution in [0.25, 0.3) is 0 Å². The largest absolute Gasteiger partial charge is 0.484 e. The minimum atomic E-state index is -1.35. The molecule has 19 heavy (non-hydrogen) atoms. The van der Waals surface area contributed by atoms with Gasteiger partial charge in [-0.1, -0.05) is 0 Å². The Labute approximate surface area is 109 Å². The molecule has 1 rings (SSSR count). The summed E-state index contributed by atoms with van der Waals surface area (Å²) in [7, 11) is 0. The van der Waals surface area contributed by atoms with E-state index in [2.05, 4.69) is 5.32 Å². The van der Waals surface area contributed by atoms with Gasteiger partial charge in [0.2, 0.25) is 0 Å². The first-order valence-corrected chi connectivity index (χ1v) is 5.33. The molecule has 7 heteroatoms. The molecule has 0 heterocycles. The maximum absolute atomic E-state index is 11.4. The number of carboxylic acid groups (broad SMARTS) is 1. The molecule has 0 saturated carbocycles. The number of amides is 1. The van der Waals surface area contributed by atoms with E-state index in [-0.39, 0.29) is 6.61 Å². The fourth-order valence-corrected chi connectivity index (χ4v) is 1.20. The van der Waals surface area contributed by atoms with Gasteiger partial charge in [0.15, 0.2) is 6.61 Å². The third-order valence-electron chi connectivity index (χ3n) is 2.17. The molecule has 1 aromatic carbocycles. The minimum absolute atomic E-state index is 0.379. The van der Waals surface area contributed by atoms with Crippen LogP contribution in [-0.4, -0.2) is 41.3 Å². The van der Waals surface area contributed by atoms with Gasteiger partial charge < -0.3 is 20.3 Å². The fourth-order valence-electron chi connectivity index (χ4n) is 1.20. The lowest BCUT2D eigenvalue weighted by atomic mass is 10.2. The summed E-state index contributed by atoms with van der Waals surface area (Å²) in [6.45, 7) is -1.08. The Balaban J connectivity index is 2.45. The lowest BCUT2D eigenvalue weighted by molar-refractivity contribution is -0.143. The Kier molecular flexibility index (Phi) is 5.32. The molecule has 1 amide bonds. The predicted octanol–water partition coefficient (Wildman–Crippen LogP) is -0.501. The van der Waals surface area contributed by atoms with E-state index < -0.39 is 24.5 Å². The Bertz CT molecular complexity index is 492. The number of nitrogens with one attached hydrogen (secondary N) is 1. The standard InChI is InChI=1S/C12H12N2O5/c13-5-8-1-3-9(4-2-8)19-7-11(16)14-10(6-15)12(17)18/h1-4,10,15H,6-7H2,(H,14,16)(H,17,18). The molecule has 0 fully saturated rings. The summed E-state index contributed by atoms with van der Waals surface area (Å²) in [4.78, 5) is 21.9. The van der Waals surface area contributed by atoms with Crippen LogP contribution in [0.1, 0.15) is 5.56 Å². The molecule has 0 radical (unpaired) electrons. The number of aliphatic carboxylic acids is 1. The van der Waals surface area contributed by atoms with Gasteiger partial charge in [-0.25, -0.2) is 4.79 Å². The highest BCUT2D eigenvalue weighted by atomic mass is 16.5. The lowest BCUT2D eigenvalue weighted by Crippen LogP contribution is -2.45. The van der Waals surface area contributed by atoms with E-state index >= 15 is 0 Å². The molecule has 0 aliphatic heterocycles. The maximum atomic E-state index is 11.4. The second kappa shape index (κ2) is 6.98. The summed E-state index contributed by atoms with van der Waals surface area (Å²) in [6.07, 6.45) is 0. The highest BCUT2D eigenvalue weighted by Crippen LogP contribution is 2.11. The van der Waals surface area contributed by atoms with E-state index in [0.29, 0.717) is 11.3 Å². The van der Waals surface area contributed by atoms with Gasteiger partial charge in [-0.2, -0.15) is 5.26 Å². The summed E-state index contributed by atoms with van der Waals surface area (Å²) in [6, 6.07) is 6.69. The number of aliphatic hydroxyl groups excluding tert-OH is 1. The molecule has 0 aliphatic rings. The molecule has 0 bridgehead atoms. The first-order chi connectivity index (χ1) is 9.06. The lowest BCUT2D eigenvalue weighted by Gasteiger charge is -2.12. The van der Waals surface area contributed by atoms with Crippen LogP contribution in [0, 0.1) is 11.3 Å². The number of aliphatic hydroxyl groups is 1. The Morgan fingerprint density at radius 2 is 2.00 bits per heavy atom. The van der Waals surface area contributed by atoms with Crippen LogP contribution in [0.5, 0.6) is 5.75 Å². The van der Waals surface area contributed by atoms with Gasteiger partial charge in [0.05, 0.1) is 18.2 Å². The number of carbonyl (C=O) groups is 2. The summed E-state index contributed by atoms with van der Waals surface area (Å²) < 4.78 is 5.10. The van der Waals surface area contributed by atoms with Crippen molar-refractivity contribution in [2.24, 2.45) is 0 Å². The zero-order valence-electron chi connectivity index (χ0n) is 9.87. The third-order valence-corrected chi connectivity index (χ3v) is 2.17. The van der Waals surface area contributed by atoms with E-state index in [1.807, 2.05) is 6.07 Å². The van der Waals surface area contributed by atoms with Gasteiger partial charge in [0.25, 0.3) is 5.91 Å². The van der Waals surface area contributed by atoms with Crippen LogP contribution in [0.2, 0.25) is 0 Å². The molecule has 1 unspecified atom stereocenters. The van der Waals surface area contributed by atoms with Crippen LogP contribution in [0.4, 0.5) is 0 Å². The molecule has 0 spiro atoms. The van der Waals surface area contributed by atoms with Crippen LogP contribution in [-0.2, 0) is 9.59 Å². The zero-order valence-corrected chi connectivity index (χ0v) is 9.87. The number of benzene rings is 1. The zero-order chi connectivity index (χ0) is 14.3. The van der Waals surface area contributed by atoms with Crippen molar-refractivity contribution in [2.75, 3.05) is 13.2 Å². The fraction of sp³-hybridized carbons (Fsp3) is 0.250. The number of carboxylic acids is 1. The Morgan fingerprint density at radius 3 is 2.47 bits per heavy atom. The molecule has 7 nitrogen and oxygen atoms in total. The van der Waals surface area contributed by atoms with E-state index in [4.69, 9.17) is 20.2 Å². The SMILES string of the molecule is N#Cc1ccc(OCC(=O)NC(CO)C(=O)O)cc1. The van der Waals surface area contributed by atoms with Gasteiger partial charge in [-0.3, -0.25) is 4.79 Å². The van der Waals surface area contributed by atoms with Crippen LogP contribution in [0.15, 0.2) is 24.3 Å². The van der Waals surface area contributed by atoms with E-state index in [1.54, 1.807) is 0 Å². The van der Waals surface area contributed by atoms with Crippen molar-refractivity contribution in [1.29, 1.82) is 5.26 Å². The number of hydrogen-bond donors (Lipinski definition) is 3. The van der Waals surface area contributed by atoms with Gasteiger partial charge in [0, 0.05) is 0 Å². The second-order valence-corrected chi connectivity index (χ2v) is 3.57. The number of nitrogens with zero attached hydrogens (tertiary/aromatic N) is 1. The Hall–Kier alpha value is -2.59. The van der Waals surface area contributed by atoms with Crippen molar-refractivity contribution >= 4 is 11.9 Å². The van der Waals surface area contributed by atoms with Crippen molar-refractivity contribution < 1.29 is 24.5 Å². The topological polar surface area (TPSA) is 120 Å². The number of ether oxygens (including phenoxy) is 1. The molecule has 1 atom stereocenters. The normalized spacial score (nSPS) is 11.2. The van der Waals surface area contributed by atoms with Crippen LogP contribution >= 0.6 is 0 Å². The third kappa shape index (κ3) is 4.65. The van der Waals surface area contributed by atoms with Crippen LogP contribution in [0.3, 0.4) is 0 Å². The van der Waals surface area contributed by atoms with E-state index in [0.717, 1.165) is 0 Å². The molecule has 3 N–H and O–H groups in total. The highest BCUT2D eigenvalue weighted by molar-refractivity contribution is 5.84. The number of hydrogen-bond acceptors (Lipinski definition) is 5. The van der Waals surface area contributed by atoms with Crippen molar-refractivity contribution in [2.45, 2.75) is 6.04 Å². The minimum Gasteiger partial charge on any atom is -0.484 e.